The van der Waals surface area contributed by atoms with Gasteiger partial charge in [0.2, 0.25) is 5.91 Å². The molecular formula is C16H19N3OS. The van der Waals surface area contributed by atoms with Crippen molar-refractivity contribution in [3.8, 4) is 0 Å². The lowest BCUT2D eigenvalue weighted by atomic mass is 10.1. The third kappa shape index (κ3) is 4.29. The van der Waals surface area contributed by atoms with Gasteiger partial charge in [-0.1, -0.05) is 30.0 Å². The Labute approximate surface area is 129 Å². The summed E-state index contributed by atoms with van der Waals surface area (Å²) in [6, 6.07) is 7.88. The fraction of sp³-hybridized carbons (Fsp3) is 0.312. The first-order valence-electron chi connectivity index (χ1n) is 6.77. The minimum atomic E-state index is -0.0415. The first-order chi connectivity index (χ1) is 9.95. The topological polar surface area (TPSA) is 54.9 Å². The summed E-state index contributed by atoms with van der Waals surface area (Å²) in [5, 5.41) is 3.61. The number of anilines is 1. The van der Waals surface area contributed by atoms with E-state index in [0.29, 0.717) is 10.9 Å². The summed E-state index contributed by atoms with van der Waals surface area (Å²) in [5.74, 6) is 0.261. The SMILES string of the molecule is Cc1cc(C)nc(SCC(=O)Nc2c(C)cccc2C)n1. The molecule has 1 amide bonds. The summed E-state index contributed by atoms with van der Waals surface area (Å²) in [6.07, 6.45) is 0. The maximum Gasteiger partial charge on any atom is 0.234 e. The molecule has 0 aliphatic heterocycles. The highest BCUT2D eigenvalue weighted by Gasteiger charge is 2.09. The van der Waals surface area contributed by atoms with Crippen LogP contribution in [-0.2, 0) is 4.79 Å². The normalized spacial score (nSPS) is 10.5. The van der Waals surface area contributed by atoms with Gasteiger partial charge in [-0.25, -0.2) is 9.97 Å². The van der Waals surface area contributed by atoms with Crippen LogP contribution in [-0.4, -0.2) is 21.6 Å². The molecule has 1 heterocycles. The molecule has 2 aromatic rings. The molecular weight excluding hydrogens is 282 g/mol. The van der Waals surface area contributed by atoms with Crippen LogP contribution in [0.3, 0.4) is 0 Å². The molecule has 0 aliphatic rings. The maximum atomic E-state index is 12.1. The Hall–Kier alpha value is -1.88. The third-order valence-electron chi connectivity index (χ3n) is 3.04. The third-order valence-corrected chi connectivity index (χ3v) is 3.89. The number of para-hydroxylation sites is 1. The lowest BCUT2D eigenvalue weighted by Gasteiger charge is -2.11. The molecule has 21 heavy (non-hydrogen) atoms. The van der Waals surface area contributed by atoms with Crippen molar-refractivity contribution in [1.82, 2.24) is 9.97 Å². The van der Waals surface area contributed by atoms with Crippen LogP contribution in [0, 0.1) is 27.7 Å². The molecule has 0 radical (unpaired) electrons. The van der Waals surface area contributed by atoms with Crippen LogP contribution in [0.5, 0.6) is 0 Å². The predicted octanol–water partition coefficient (Wildman–Crippen LogP) is 3.44. The minimum absolute atomic E-state index is 0.0415. The van der Waals surface area contributed by atoms with Gasteiger partial charge in [0, 0.05) is 17.1 Å². The van der Waals surface area contributed by atoms with E-state index in [-0.39, 0.29) is 5.91 Å². The van der Waals surface area contributed by atoms with Crippen molar-refractivity contribution < 1.29 is 4.79 Å². The lowest BCUT2D eigenvalue weighted by molar-refractivity contribution is -0.113. The molecule has 5 heteroatoms. The number of benzene rings is 1. The number of carbonyl (C=O) groups excluding carboxylic acids is 1. The number of hydrogen-bond acceptors (Lipinski definition) is 4. The van der Waals surface area contributed by atoms with Gasteiger partial charge in [-0.15, -0.1) is 0 Å². The summed E-state index contributed by atoms with van der Waals surface area (Å²) in [5.41, 5.74) is 4.86. The van der Waals surface area contributed by atoms with Crippen LogP contribution >= 0.6 is 11.8 Å². The van der Waals surface area contributed by atoms with Crippen LogP contribution in [0.15, 0.2) is 29.4 Å². The highest BCUT2D eigenvalue weighted by atomic mass is 32.2. The molecule has 0 aliphatic carbocycles. The average molecular weight is 301 g/mol. The second-order valence-corrected chi connectivity index (χ2v) is 5.98. The zero-order valence-corrected chi connectivity index (χ0v) is 13.5. The number of aryl methyl sites for hydroxylation is 4. The number of nitrogens with zero attached hydrogens (tertiary/aromatic N) is 2. The molecule has 0 atom stereocenters. The van der Waals surface area contributed by atoms with Gasteiger partial charge < -0.3 is 5.32 Å². The summed E-state index contributed by atoms with van der Waals surface area (Å²) in [4.78, 5) is 20.7. The summed E-state index contributed by atoms with van der Waals surface area (Å²) in [6.45, 7) is 7.83. The number of hydrogen-bond donors (Lipinski definition) is 1. The molecule has 110 valence electrons. The monoisotopic (exact) mass is 301 g/mol. The van der Waals surface area contributed by atoms with E-state index in [1.807, 2.05) is 52.0 Å². The molecule has 0 unspecified atom stereocenters. The zero-order valence-electron chi connectivity index (χ0n) is 12.7. The fourth-order valence-corrected chi connectivity index (χ4v) is 2.82. The van der Waals surface area contributed by atoms with Crippen molar-refractivity contribution in [2.24, 2.45) is 0 Å². The Bertz CT molecular complexity index is 630. The lowest BCUT2D eigenvalue weighted by Crippen LogP contribution is -2.16. The van der Waals surface area contributed by atoms with Crippen LogP contribution in [0.1, 0.15) is 22.5 Å². The quantitative estimate of drug-likeness (QED) is 0.694. The van der Waals surface area contributed by atoms with Gasteiger partial charge >= 0.3 is 0 Å². The van der Waals surface area contributed by atoms with E-state index in [1.165, 1.54) is 11.8 Å². The number of amides is 1. The molecule has 2 rings (SSSR count). The second kappa shape index (κ2) is 6.72. The Kier molecular flexibility index (Phi) is 4.96. The number of aromatic nitrogens is 2. The summed E-state index contributed by atoms with van der Waals surface area (Å²) in [7, 11) is 0. The largest absolute Gasteiger partial charge is 0.325 e. The number of carbonyl (C=O) groups is 1. The standard InChI is InChI=1S/C16H19N3OS/c1-10-6-5-7-11(2)15(10)19-14(20)9-21-16-17-12(3)8-13(4)18-16/h5-8H,9H2,1-4H3,(H,19,20). The molecule has 1 N–H and O–H groups in total. The van der Waals surface area contributed by atoms with E-state index in [2.05, 4.69) is 15.3 Å². The molecule has 1 aromatic carbocycles. The van der Waals surface area contributed by atoms with Crippen LogP contribution in [0.25, 0.3) is 0 Å². The van der Waals surface area contributed by atoms with Gasteiger partial charge in [0.1, 0.15) is 0 Å². The van der Waals surface area contributed by atoms with Crippen molar-refractivity contribution in [3.63, 3.8) is 0 Å². The van der Waals surface area contributed by atoms with Crippen molar-refractivity contribution >= 4 is 23.4 Å². The predicted molar refractivity (Wildman–Crippen MR) is 86.8 cm³/mol. The van der Waals surface area contributed by atoms with Crippen LogP contribution in [0.2, 0.25) is 0 Å². The van der Waals surface area contributed by atoms with Gasteiger partial charge in [-0.05, 0) is 44.9 Å². The fourth-order valence-electron chi connectivity index (χ4n) is 2.08. The van der Waals surface area contributed by atoms with Gasteiger partial charge in [-0.2, -0.15) is 0 Å². The van der Waals surface area contributed by atoms with E-state index < -0.39 is 0 Å². The van der Waals surface area contributed by atoms with Gasteiger partial charge in [0.05, 0.1) is 5.75 Å². The summed E-state index contributed by atoms with van der Waals surface area (Å²) < 4.78 is 0. The smallest absolute Gasteiger partial charge is 0.234 e. The first-order valence-corrected chi connectivity index (χ1v) is 7.75. The van der Waals surface area contributed by atoms with Crippen LogP contribution in [0.4, 0.5) is 5.69 Å². The van der Waals surface area contributed by atoms with E-state index in [1.54, 1.807) is 0 Å². The molecule has 4 nitrogen and oxygen atoms in total. The van der Waals surface area contributed by atoms with E-state index in [0.717, 1.165) is 28.2 Å². The Balaban J connectivity index is 1.99. The maximum absolute atomic E-state index is 12.1. The van der Waals surface area contributed by atoms with Crippen molar-refractivity contribution in [2.75, 3.05) is 11.1 Å². The highest BCUT2D eigenvalue weighted by Crippen LogP contribution is 2.20. The Morgan fingerprint density at radius 2 is 1.67 bits per heavy atom. The van der Waals surface area contributed by atoms with Gasteiger partial charge in [0.15, 0.2) is 5.16 Å². The van der Waals surface area contributed by atoms with Crippen molar-refractivity contribution in [2.45, 2.75) is 32.9 Å². The van der Waals surface area contributed by atoms with E-state index in [4.69, 9.17) is 0 Å². The summed E-state index contributed by atoms with van der Waals surface area (Å²) >= 11 is 1.35. The van der Waals surface area contributed by atoms with Crippen LogP contribution < -0.4 is 5.32 Å². The molecule has 0 saturated carbocycles. The molecule has 1 aromatic heterocycles. The van der Waals surface area contributed by atoms with E-state index in [9.17, 15) is 4.79 Å². The molecule has 0 spiro atoms. The average Bonchev–Trinajstić information content (AvgIpc) is 2.40. The number of nitrogens with one attached hydrogen (secondary N) is 1. The zero-order chi connectivity index (χ0) is 15.4. The van der Waals surface area contributed by atoms with Gasteiger partial charge in [-0.3, -0.25) is 4.79 Å². The number of thioether (sulfide) groups is 1. The highest BCUT2D eigenvalue weighted by molar-refractivity contribution is 7.99. The molecule has 0 fully saturated rings. The molecule has 0 bridgehead atoms. The Morgan fingerprint density at radius 1 is 1.10 bits per heavy atom. The van der Waals surface area contributed by atoms with Gasteiger partial charge in [0.25, 0.3) is 0 Å². The minimum Gasteiger partial charge on any atom is -0.325 e. The first kappa shape index (κ1) is 15.5. The van der Waals surface area contributed by atoms with E-state index >= 15 is 0 Å². The number of rotatable bonds is 4. The van der Waals surface area contributed by atoms with Crippen molar-refractivity contribution in [3.05, 3.63) is 46.8 Å². The van der Waals surface area contributed by atoms with Crippen molar-refractivity contribution in [1.29, 1.82) is 0 Å². The second-order valence-electron chi connectivity index (χ2n) is 5.04. The Morgan fingerprint density at radius 3 is 2.24 bits per heavy atom. The molecule has 0 saturated heterocycles.